The zero-order chi connectivity index (χ0) is 17.2. The summed E-state index contributed by atoms with van der Waals surface area (Å²) in [7, 11) is 0. The monoisotopic (exact) mass is 332 g/mol. The van der Waals surface area contributed by atoms with E-state index in [2.05, 4.69) is 22.3 Å². The van der Waals surface area contributed by atoms with Crippen LogP contribution in [0.1, 0.15) is 15.9 Å². The normalized spacial score (nSPS) is 12.8. The van der Waals surface area contributed by atoms with E-state index in [9.17, 15) is 9.18 Å². The van der Waals surface area contributed by atoms with E-state index in [1.807, 2.05) is 36.4 Å². The molecule has 124 valence electrons. The lowest BCUT2D eigenvalue weighted by Gasteiger charge is -2.23. The lowest BCUT2D eigenvalue weighted by molar-refractivity contribution is 0.102. The van der Waals surface area contributed by atoms with Crippen LogP contribution >= 0.6 is 0 Å². The molecule has 0 atom stereocenters. The smallest absolute Gasteiger partial charge is 0.258 e. The standard InChI is InChI=1S/C21H17FN2O/c22-17-9-3-2-8-16(17)21(25)23-18-10-4-6-12-20(18)24-14-13-15-7-1-5-11-19(15)24/h1-12H,13-14H2,(H,23,25). The number of hydrogen-bond acceptors (Lipinski definition) is 2. The van der Waals surface area contributed by atoms with Crippen molar-refractivity contribution >= 4 is 23.0 Å². The minimum atomic E-state index is -0.524. The molecule has 0 unspecified atom stereocenters. The second-order valence-electron chi connectivity index (χ2n) is 5.98. The molecule has 1 heterocycles. The van der Waals surface area contributed by atoms with Gasteiger partial charge in [-0.15, -0.1) is 0 Å². The molecule has 1 N–H and O–H groups in total. The number of hydrogen-bond donors (Lipinski definition) is 1. The number of para-hydroxylation sites is 3. The van der Waals surface area contributed by atoms with Crippen LogP contribution in [0.5, 0.6) is 0 Å². The number of fused-ring (bicyclic) bond motifs is 1. The van der Waals surface area contributed by atoms with Gasteiger partial charge in [-0.05, 0) is 42.3 Å². The third kappa shape index (κ3) is 2.87. The Hall–Kier alpha value is -3.14. The van der Waals surface area contributed by atoms with Gasteiger partial charge in [0.2, 0.25) is 0 Å². The van der Waals surface area contributed by atoms with Crippen LogP contribution in [-0.2, 0) is 6.42 Å². The van der Waals surface area contributed by atoms with Crippen molar-refractivity contribution in [1.82, 2.24) is 0 Å². The maximum absolute atomic E-state index is 13.9. The number of amides is 1. The highest BCUT2D eigenvalue weighted by Gasteiger charge is 2.22. The predicted octanol–water partition coefficient (Wildman–Crippen LogP) is 4.77. The molecule has 3 aromatic carbocycles. The van der Waals surface area contributed by atoms with Crippen LogP contribution in [0.4, 0.5) is 21.5 Å². The second-order valence-corrected chi connectivity index (χ2v) is 5.98. The van der Waals surface area contributed by atoms with Gasteiger partial charge in [-0.2, -0.15) is 0 Å². The van der Waals surface area contributed by atoms with Crippen molar-refractivity contribution in [2.75, 3.05) is 16.8 Å². The fourth-order valence-electron chi connectivity index (χ4n) is 3.24. The highest BCUT2D eigenvalue weighted by Crippen LogP contribution is 2.38. The van der Waals surface area contributed by atoms with E-state index in [0.717, 1.165) is 24.3 Å². The summed E-state index contributed by atoms with van der Waals surface area (Å²) >= 11 is 0. The van der Waals surface area contributed by atoms with Gasteiger partial charge in [0.15, 0.2) is 0 Å². The average Bonchev–Trinajstić information content (AvgIpc) is 3.06. The van der Waals surface area contributed by atoms with Gasteiger partial charge in [-0.25, -0.2) is 4.39 Å². The van der Waals surface area contributed by atoms with Gasteiger partial charge in [-0.1, -0.05) is 42.5 Å². The van der Waals surface area contributed by atoms with Gasteiger partial charge >= 0.3 is 0 Å². The molecule has 25 heavy (non-hydrogen) atoms. The van der Waals surface area contributed by atoms with Crippen molar-refractivity contribution in [3.63, 3.8) is 0 Å². The van der Waals surface area contributed by atoms with Crippen molar-refractivity contribution < 1.29 is 9.18 Å². The van der Waals surface area contributed by atoms with Crippen molar-refractivity contribution in [2.45, 2.75) is 6.42 Å². The molecule has 0 spiro atoms. The largest absolute Gasteiger partial charge is 0.339 e. The summed E-state index contributed by atoms with van der Waals surface area (Å²) < 4.78 is 13.9. The molecular formula is C21H17FN2O. The maximum atomic E-state index is 13.9. The van der Waals surface area contributed by atoms with E-state index in [1.165, 1.54) is 17.7 Å². The van der Waals surface area contributed by atoms with E-state index in [4.69, 9.17) is 0 Å². The van der Waals surface area contributed by atoms with E-state index in [0.29, 0.717) is 5.69 Å². The number of benzene rings is 3. The summed E-state index contributed by atoms with van der Waals surface area (Å²) in [5, 5.41) is 2.85. The quantitative estimate of drug-likeness (QED) is 0.749. The Bertz CT molecular complexity index is 938. The summed E-state index contributed by atoms with van der Waals surface area (Å²) in [5.74, 6) is -0.970. The lowest BCUT2D eigenvalue weighted by Crippen LogP contribution is -2.19. The molecule has 4 heteroatoms. The van der Waals surface area contributed by atoms with Crippen molar-refractivity contribution in [3.05, 3.63) is 89.7 Å². The molecule has 1 amide bonds. The maximum Gasteiger partial charge on any atom is 0.258 e. The van der Waals surface area contributed by atoms with Gasteiger partial charge < -0.3 is 10.2 Å². The third-order valence-electron chi connectivity index (χ3n) is 4.45. The van der Waals surface area contributed by atoms with Crippen LogP contribution in [0.2, 0.25) is 0 Å². The van der Waals surface area contributed by atoms with Crippen LogP contribution in [-0.4, -0.2) is 12.5 Å². The second kappa shape index (κ2) is 6.40. The number of nitrogens with one attached hydrogen (secondary N) is 1. The number of halogens is 1. The van der Waals surface area contributed by atoms with Gasteiger partial charge in [0.05, 0.1) is 16.9 Å². The number of rotatable bonds is 3. The first-order valence-electron chi connectivity index (χ1n) is 8.24. The topological polar surface area (TPSA) is 32.3 Å². The molecule has 3 aromatic rings. The van der Waals surface area contributed by atoms with E-state index >= 15 is 0 Å². The fourth-order valence-corrected chi connectivity index (χ4v) is 3.24. The number of carbonyl (C=O) groups is 1. The van der Waals surface area contributed by atoms with Crippen LogP contribution < -0.4 is 10.2 Å². The predicted molar refractivity (Wildman–Crippen MR) is 97.9 cm³/mol. The fraction of sp³-hybridized carbons (Fsp3) is 0.0952. The van der Waals surface area contributed by atoms with E-state index < -0.39 is 11.7 Å². The minimum Gasteiger partial charge on any atom is -0.339 e. The Kier molecular flexibility index (Phi) is 3.94. The van der Waals surface area contributed by atoms with Gasteiger partial charge in [0.1, 0.15) is 5.82 Å². The molecule has 1 aliphatic heterocycles. The number of carbonyl (C=O) groups excluding carboxylic acids is 1. The minimum absolute atomic E-state index is 0.0409. The Balaban J connectivity index is 1.67. The highest BCUT2D eigenvalue weighted by molar-refractivity contribution is 6.06. The Morgan fingerprint density at radius 2 is 1.56 bits per heavy atom. The summed E-state index contributed by atoms with van der Waals surface area (Å²) in [5.41, 5.74) is 4.07. The van der Waals surface area contributed by atoms with E-state index in [-0.39, 0.29) is 5.56 Å². The Morgan fingerprint density at radius 3 is 2.40 bits per heavy atom. The SMILES string of the molecule is O=C(Nc1ccccc1N1CCc2ccccc21)c1ccccc1F. The molecular weight excluding hydrogens is 315 g/mol. The van der Waals surface area contributed by atoms with Gasteiger partial charge in [-0.3, -0.25) is 4.79 Å². The van der Waals surface area contributed by atoms with E-state index in [1.54, 1.807) is 12.1 Å². The summed E-state index contributed by atoms with van der Waals surface area (Å²) in [6.07, 6.45) is 0.964. The molecule has 0 saturated carbocycles. The average molecular weight is 332 g/mol. The number of nitrogens with zero attached hydrogens (tertiary/aromatic N) is 1. The first kappa shape index (κ1) is 15.4. The molecule has 1 aliphatic rings. The third-order valence-corrected chi connectivity index (χ3v) is 4.45. The van der Waals surface area contributed by atoms with Crippen LogP contribution in [0, 0.1) is 5.82 Å². The lowest BCUT2D eigenvalue weighted by atomic mass is 10.1. The van der Waals surface area contributed by atoms with Gasteiger partial charge in [0.25, 0.3) is 5.91 Å². The summed E-state index contributed by atoms with van der Waals surface area (Å²) in [6, 6.07) is 21.9. The molecule has 0 saturated heterocycles. The molecule has 4 rings (SSSR count). The van der Waals surface area contributed by atoms with Gasteiger partial charge in [0, 0.05) is 12.2 Å². The zero-order valence-corrected chi connectivity index (χ0v) is 13.6. The van der Waals surface area contributed by atoms with Crippen molar-refractivity contribution in [2.24, 2.45) is 0 Å². The molecule has 0 radical (unpaired) electrons. The molecule has 0 bridgehead atoms. The molecule has 0 aliphatic carbocycles. The highest BCUT2D eigenvalue weighted by atomic mass is 19.1. The summed E-state index contributed by atoms with van der Waals surface area (Å²) in [6.45, 7) is 0.853. The number of anilines is 3. The molecule has 0 aromatic heterocycles. The Labute approximate surface area is 145 Å². The van der Waals surface area contributed by atoms with Crippen molar-refractivity contribution in [1.29, 1.82) is 0 Å². The first-order valence-corrected chi connectivity index (χ1v) is 8.24. The van der Waals surface area contributed by atoms with Crippen LogP contribution in [0.15, 0.2) is 72.8 Å². The molecule has 3 nitrogen and oxygen atoms in total. The zero-order valence-electron chi connectivity index (χ0n) is 13.6. The van der Waals surface area contributed by atoms with Crippen LogP contribution in [0.25, 0.3) is 0 Å². The van der Waals surface area contributed by atoms with Crippen molar-refractivity contribution in [3.8, 4) is 0 Å². The first-order chi connectivity index (χ1) is 12.2. The molecule has 0 fully saturated rings. The van der Waals surface area contributed by atoms with Crippen LogP contribution in [0.3, 0.4) is 0 Å². The summed E-state index contributed by atoms with van der Waals surface area (Å²) in [4.78, 5) is 14.7. The Morgan fingerprint density at radius 1 is 0.880 bits per heavy atom.